The molecule has 0 spiro atoms. The zero-order valence-corrected chi connectivity index (χ0v) is 9.54. The van der Waals surface area contributed by atoms with E-state index in [1.807, 2.05) is 35.2 Å². The lowest BCUT2D eigenvalue weighted by molar-refractivity contribution is 1.33. The summed E-state index contributed by atoms with van der Waals surface area (Å²) in [6, 6.07) is 8.21. The molecule has 76 valence electrons. The lowest BCUT2D eigenvalue weighted by Crippen LogP contribution is -1.83. The van der Waals surface area contributed by atoms with E-state index >= 15 is 0 Å². The maximum atomic E-state index is 4.47. The fraction of sp³-hybridized carbons (Fsp3) is 0.0769. The summed E-state index contributed by atoms with van der Waals surface area (Å²) in [5.41, 5.74) is 3.33. The highest BCUT2D eigenvalue weighted by Crippen LogP contribution is 2.28. The number of hydrogen-bond donors (Lipinski definition) is 1. The fourth-order valence-electron chi connectivity index (χ4n) is 1.81. The zero-order valence-electron chi connectivity index (χ0n) is 8.64. The molecule has 15 heavy (non-hydrogen) atoms. The molecular weight excluding hydrogens is 202 g/mol. The molecule has 1 aromatic heterocycles. The first kappa shape index (κ1) is 10.1. The first-order valence-corrected chi connectivity index (χ1v) is 5.27. The highest BCUT2D eigenvalue weighted by Gasteiger charge is 2.09. The van der Waals surface area contributed by atoms with Crippen molar-refractivity contribution in [3.63, 3.8) is 0 Å². The molecule has 0 aliphatic carbocycles. The van der Waals surface area contributed by atoms with Crippen molar-refractivity contribution in [1.29, 1.82) is 0 Å². The molecule has 1 aromatic carbocycles. The van der Waals surface area contributed by atoms with Gasteiger partial charge >= 0.3 is 0 Å². The van der Waals surface area contributed by atoms with E-state index in [0.29, 0.717) is 0 Å². The number of nitrogens with zero attached hydrogens (tertiary/aromatic N) is 1. The summed E-state index contributed by atoms with van der Waals surface area (Å²) in [4.78, 5) is 0. The summed E-state index contributed by atoms with van der Waals surface area (Å²) in [5, 5.41) is 1.21. The molecular formula is C13H13NS. The van der Waals surface area contributed by atoms with Crippen LogP contribution in [-0.4, -0.2) is 3.97 Å². The van der Waals surface area contributed by atoms with Crippen LogP contribution in [0.5, 0.6) is 0 Å². The lowest BCUT2D eigenvalue weighted by Gasteiger charge is -1.96. The second-order valence-corrected chi connectivity index (χ2v) is 3.73. The number of rotatable bonds is 2. The Morgan fingerprint density at radius 1 is 1.33 bits per heavy atom. The average Bonchev–Trinajstić information content (AvgIpc) is 2.54. The number of para-hydroxylation sites is 1. The van der Waals surface area contributed by atoms with Gasteiger partial charge < -0.3 is 0 Å². The Labute approximate surface area is 95.3 Å². The summed E-state index contributed by atoms with van der Waals surface area (Å²) >= 11 is 4.47. The van der Waals surface area contributed by atoms with Gasteiger partial charge in [0.2, 0.25) is 0 Å². The second-order valence-electron chi connectivity index (χ2n) is 3.33. The largest absolute Gasteiger partial charge is 0.286 e. The number of aromatic nitrogens is 1. The van der Waals surface area contributed by atoms with Crippen molar-refractivity contribution < 1.29 is 0 Å². The quantitative estimate of drug-likeness (QED) is 0.722. The number of fused-ring (bicyclic) bond motifs is 1. The normalized spacial score (nSPS) is 11.3. The maximum Gasteiger partial charge on any atom is 0.0602 e. The van der Waals surface area contributed by atoms with Gasteiger partial charge in [-0.25, -0.2) is 0 Å². The van der Waals surface area contributed by atoms with Gasteiger partial charge in [0, 0.05) is 10.9 Å². The predicted molar refractivity (Wildman–Crippen MR) is 71.1 cm³/mol. The number of allylic oxidation sites excluding steroid dienone is 1. The topological polar surface area (TPSA) is 4.93 Å². The van der Waals surface area contributed by atoms with E-state index in [1.54, 1.807) is 0 Å². The second kappa shape index (κ2) is 3.99. The van der Waals surface area contributed by atoms with Gasteiger partial charge in [0.15, 0.2) is 0 Å². The van der Waals surface area contributed by atoms with E-state index in [4.69, 9.17) is 0 Å². The maximum absolute atomic E-state index is 4.47. The van der Waals surface area contributed by atoms with Crippen LogP contribution in [0.2, 0.25) is 0 Å². The first-order valence-electron chi connectivity index (χ1n) is 4.87. The summed E-state index contributed by atoms with van der Waals surface area (Å²) in [7, 11) is 0. The third kappa shape index (κ3) is 1.51. The Hall–Kier alpha value is -1.41. The molecule has 0 saturated carbocycles. The van der Waals surface area contributed by atoms with Crippen molar-refractivity contribution in [2.24, 2.45) is 0 Å². The third-order valence-electron chi connectivity index (χ3n) is 2.45. The van der Waals surface area contributed by atoms with Gasteiger partial charge in [0.25, 0.3) is 0 Å². The van der Waals surface area contributed by atoms with Gasteiger partial charge in [-0.3, -0.25) is 3.97 Å². The van der Waals surface area contributed by atoms with Gasteiger partial charge in [-0.15, -0.1) is 0 Å². The van der Waals surface area contributed by atoms with E-state index in [9.17, 15) is 0 Å². The van der Waals surface area contributed by atoms with E-state index in [2.05, 4.69) is 37.6 Å². The van der Waals surface area contributed by atoms with Crippen molar-refractivity contribution in [1.82, 2.24) is 3.97 Å². The minimum atomic E-state index is 1.04. The van der Waals surface area contributed by atoms with Crippen molar-refractivity contribution in [3.05, 3.63) is 48.2 Å². The molecule has 0 amide bonds. The number of hydrogen-bond acceptors (Lipinski definition) is 1. The SMILES string of the molecule is C=Cc1c(/C=C\C)c2ccccc2n1S. The fourth-order valence-corrected chi connectivity index (χ4v) is 2.17. The number of thiol groups is 1. The van der Waals surface area contributed by atoms with Crippen molar-refractivity contribution in [2.75, 3.05) is 0 Å². The van der Waals surface area contributed by atoms with Crippen LogP contribution in [0.4, 0.5) is 0 Å². The minimum Gasteiger partial charge on any atom is -0.286 e. The monoisotopic (exact) mass is 215 g/mol. The Bertz CT molecular complexity index is 535. The van der Waals surface area contributed by atoms with E-state index < -0.39 is 0 Å². The minimum absolute atomic E-state index is 1.04. The highest BCUT2D eigenvalue weighted by atomic mass is 32.1. The van der Waals surface area contributed by atoms with Crippen molar-refractivity contribution >= 4 is 35.9 Å². The van der Waals surface area contributed by atoms with Crippen LogP contribution in [0.3, 0.4) is 0 Å². The van der Waals surface area contributed by atoms with Crippen LogP contribution in [-0.2, 0) is 0 Å². The molecule has 0 unspecified atom stereocenters. The standard InChI is InChI=1S/C13H13NS/c1-3-7-10-11-8-5-6-9-13(11)14(15)12(10)4-2/h3-9,15H,2H2,1H3/b7-3-. The highest BCUT2D eigenvalue weighted by molar-refractivity contribution is 7.78. The lowest BCUT2D eigenvalue weighted by atomic mass is 10.1. The van der Waals surface area contributed by atoms with E-state index in [1.165, 1.54) is 10.9 Å². The Kier molecular flexibility index (Phi) is 2.69. The Morgan fingerprint density at radius 2 is 2.07 bits per heavy atom. The smallest absolute Gasteiger partial charge is 0.0602 e. The van der Waals surface area contributed by atoms with Crippen LogP contribution in [0, 0.1) is 0 Å². The Balaban J connectivity index is 2.90. The molecule has 0 saturated heterocycles. The van der Waals surface area contributed by atoms with Crippen LogP contribution in [0.25, 0.3) is 23.1 Å². The molecule has 0 atom stereocenters. The van der Waals surface area contributed by atoms with Gasteiger partial charge in [-0.05, 0) is 19.1 Å². The van der Waals surface area contributed by atoms with Crippen LogP contribution < -0.4 is 0 Å². The van der Waals surface area contributed by atoms with Crippen molar-refractivity contribution in [2.45, 2.75) is 6.92 Å². The summed E-state index contributed by atoms with van der Waals surface area (Å²) < 4.78 is 1.87. The van der Waals surface area contributed by atoms with Crippen LogP contribution >= 0.6 is 12.8 Å². The average molecular weight is 215 g/mol. The van der Waals surface area contributed by atoms with Gasteiger partial charge in [-0.2, -0.15) is 0 Å². The molecule has 2 heteroatoms. The third-order valence-corrected chi connectivity index (χ3v) is 2.88. The molecule has 1 heterocycles. The van der Waals surface area contributed by atoms with Gasteiger partial charge in [0.1, 0.15) is 0 Å². The van der Waals surface area contributed by atoms with Gasteiger partial charge in [-0.1, -0.05) is 49.7 Å². The van der Waals surface area contributed by atoms with Crippen molar-refractivity contribution in [3.8, 4) is 0 Å². The molecule has 0 fully saturated rings. The van der Waals surface area contributed by atoms with Gasteiger partial charge in [0.05, 0.1) is 11.2 Å². The molecule has 0 aliphatic heterocycles. The Morgan fingerprint density at radius 3 is 2.73 bits per heavy atom. The van der Waals surface area contributed by atoms with Crippen LogP contribution in [0.1, 0.15) is 18.2 Å². The molecule has 2 aromatic rings. The first-order chi connectivity index (χ1) is 7.29. The number of benzene rings is 1. The van der Waals surface area contributed by atoms with E-state index in [-0.39, 0.29) is 0 Å². The molecule has 1 nitrogen and oxygen atoms in total. The molecule has 0 bridgehead atoms. The predicted octanol–water partition coefficient (Wildman–Crippen LogP) is 4.01. The zero-order chi connectivity index (χ0) is 10.8. The summed E-state index contributed by atoms with van der Waals surface area (Å²) in [6.45, 7) is 5.84. The summed E-state index contributed by atoms with van der Waals surface area (Å²) in [5.74, 6) is 0. The molecule has 0 radical (unpaired) electrons. The molecule has 2 rings (SSSR count). The molecule has 0 aliphatic rings. The van der Waals surface area contributed by atoms with E-state index in [0.717, 1.165) is 11.2 Å². The molecule has 0 N–H and O–H groups in total. The van der Waals surface area contributed by atoms with Crippen LogP contribution in [0.15, 0.2) is 36.9 Å². The summed E-state index contributed by atoms with van der Waals surface area (Å²) in [6.07, 6.45) is 5.96.